The third-order valence-corrected chi connectivity index (χ3v) is 3.93. The quantitative estimate of drug-likeness (QED) is 0.874. The average Bonchev–Trinajstić information content (AvgIpc) is 3.06. The number of benzene rings is 1. The molecule has 0 unspecified atom stereocenters. The maximum atomic E-state index is 6.19. The molecule has 2 heterocycles. The minimum Gasteiger partial charge on any atom is -0.454 e. The van der Waals surface area contributed by atoms with Crippen LogP contribution < -0.4 is 15.2 Å². The fraction of sp³-hybridized carbons (Fsp3) is 0.286. The van der Waals surface area contributed by atoms with Gasteiger partial charge in [0, 0.05) is 16.8 Å². The van der Waals surface area contributed by atoms with Crippen LogP contribution >= 0.6 is 11.6 Å². The van der Waals surface area contributed by atoms with Crippen molar-refractivity contribution in [2.45, 2.75) is 19.3 Å². The summed E-state index contributed by atoms with van der Waals surface area (Å²) < 4.78 is 10.7. The van der Waals surface area contributed by atoms with Gasteiger partial charge in [0.15, 0.2) is 17.3 Å². The number of rotatable bonds is 1. The van der Waals surface area contributed by atoms with Gasteiger partial charge in [-0.2, -0.15) is 0 Å². The molecule has 102 valence electrons. The fourth-order valence-electron chi connectivity index (χ4n) is 2.69. The highest BCUT2D eigenvalue weighted by atomic mass is 35.5. The Morgan fingerprint density at radius 3 is 2.95 bits per heavy atom. The second-order valence-corrected chi connectivity index (χ2v) is 5.31. The molecular weight excluding hydrogens is 278 g/mol. The normalized spacial score (nSPS) is 15.4. The van der Waals surface area contributed by atoms with Crippen molar-refractivity contribution in [3.63, 3.8) is 0 Å². The molecule has 0 spiro atoms. The summed E-state index contributed by atoms with van der Waals surface area (Å²) in [5, 5.41) is 0.498. The van der Waals surface area contributed by atoms with Gasteiger partial charge in [0.2, 0.25) is 6.79 Å². The first-order valence-corrected chi connectivity index (χ1v) is 6.85. The molecule has 0 bridgehead atoms. The summed E-state index contributed by atoms with van der Waals surface area (Å²) in [5.74, 6) is 2.35. The van der Waals surface area contributed by atoms with E-state index < -0.39 is 0 Å². The van der Waals surface area contributed by atoms with Crippen LogP contribution in [0.4, 0.5) is 5.82 Å². The molecule has 1 aromatic heterocycles. The molecule has 5 nitrogen and oxygen atoms in total. The number of nitrogen functional groups attached to an aromatic ring is 1. The molecule has 1 aromatic carbocycles. The monoisotopic (exact) mass is 289 g/mol. The molecule has 0 saturated heterocycles. The van der Waals surface area contributed by atoms with E-state index in [2.05, 4.69) is 9.97 Å². The zero-order valence-corrected chi connectivity index (χ0v) is 11.4. The predicted octanol–water partition coefficient (Wildman–Crippen LogP) is 2.60. The van der Waals surface area contributed by atoms with Crippen LogP contribution in [0.5, 0.6) is 11.5 Å². The van der Waals surface area contributed by atoms with Crippen LogP contribution in [0.3, 0.4) is 0 Å². The second kappa shape index (κ2) is 4.24. The summed E-state index contributed by atoms with van der Waals surface area (Å²) >= 11 is 6.19. The summed E-state index contributed by atoms with van der Waals surface area (Å²) in [4.78, 5) is 9.00. The molecule has 1 aliphatic carbocycles. The van der Waals surface area contributed by atoms with Crippen molar-refractivity contribution in [1.29, 1.82) is 0 Å². The number of fused-ring (bicyclic) bond motifs is 2. The highest BCUT2D eigenvalue weighted by Crippen LogP contribution is 2.42. The molecule has 0 fully saturated rings. The number of hydrogen-bond donors (Lipinski definition) is 1. The van der Waals surface area contributed by atoms with Crippen molar-refractivity contribution < 1.29 is 9.47 Å². The lowest BCUT2D eigenvalue weighted by molar-refractivity contribution is 0.174. The van der Waals surface area contributed by atoms with Crippen LogP contribution in [-0.2, 0) is 12.8 Å². The summed E-state index contributed by atoms with van der Waals surface area (Å²) in [5.41, 5.74) is 8.94. The molecule has 0 atom stereocenters. The SMILES string of the molecule is Nc1nc(-c2cc(Cl)c3c(c2)OCO3)nc2c1CCC2. The molecule has 1 aliphatic heterocycles. The standard InChI is InChI=1S/C14H12ClN3O2/c15-9-4-7(5-11-12(9)20-6-19-11)14-17-10-3-1-2-8(10)13(16)18-14/h4-5H,1-3,6H2,(H2,16,17,18). The summed E-state index contributed by atoms with van der Waals surface area (Å²) in [6.07, 6.45) is 3.00. The number of aromatic nitrogens is 2. The molecular formula is C14H12ClN3O2. The molecule has 6 heteroatoms. The van der Waals surface area contributed by atoms with E-state index in [4.69, 9.17) is 26.8 Å². The Balaban J connectivity index is 1.86. The van der Waals surface area contributed by atoms with E-state index in [0.29, 0.717) is 28.2 Å². The lowest BCUT2D eigenvalue weighted by Gasteiger charge is -2.08. The largest absolute Gasteiger partial charge is 0.454 e. The maximum Gasteiger partial charge on any atom is 0.231 e. The van der Waals surface area contributed by atoms with E-state index >= 15 is 0 Å². The molecule has 2 N–H and O–H groups in total. The number of aryl methyl sites for hydroxylation is 1. The van der Waals surface area contributed by atoms with Gasteiger partial charge in [-0.1, -0.05) is 11.6 Å². The topological polar surface area (TPSA) is 70.3 Å². The Kier molecular flexibility index (Phi) is 2.50. The van der Waals surface area contributed by atoms with Crippen molar-refractivity contribution in [1.82, 2.24) is 9.97 Å². The number of nitrogens with zero attached hydrogens (tertiary/aromatic N) is 2. The Morgan fingerprint density at radius 1 is 1.15 bits per heavy atom. The second-order valence-electron chi connectivity index (χ2n) is 4.90. The first-order valence-electron chi connectivity index (χ1n) is 6.47. The van der Waals surface area contributed by atoms with Crippen LogP contribution in [0.1, 0.15) is 17.7 Å². The third-order valence-electron chi connectivity index (χ3n) is 3.65. The van der Waals surface area contributed by atoms with E-state index in [-0.39, 0.29) is 6.79 Å². The third kappa shape index (κ3) is 1.70. The minimum atomic E-state index is 0.186. The van der Waals surface area contributed by atoms with Crippen molar-refractivity contribution in [2.24, 2.45) is 0 Å². The summed E-state index contributed by atoms with van der Waals surface area (Å²) in [6.45, 7) is 0.186. The van der Waals surface area contributed by atoms with Gasteiger partial charge in [-0.3, -0.25) is 0 Å². The maximum absolute atomic E-state index is 6.19. The van der Waals surface area contributed by atoms with Gasteiger partial charge in [0.05, 0.1) is 5.02 Å². The molecule has 2 aliphatic rings. The molecule has 4 rings (SSSR count). The van der Waals surface area contributed by atoms with Gasteiger partial charge in [-0.15, -0.1) is 0 Å². The summed E-state index contributed by atoms with van der Waals surface area (Å²) in [6, 6.07) is 3.62. The average molecular weight is 290 g/mol. The van der Waals surface area contributed by atoms with Crippen LogP contribution in [-0.4, -0.2) is 16.8 Å². The highest BCUT2D eigenvalue weighted by molar-refractivity contribution is 6.32. The van der Waals surface area contributed by atoms with Gasteiger partial charge < -0.3 is 15.2 Å². The Labute approximate surface area is 120 Å². The Hall–Kier alpha value is -2.01. The number of ether oxygens (including phenoxy) is 2. The highest BCUT2D eigenvalue weighted by Gasteiger charge is 2.22. The lowest BCUT2D eigenvalue weighted by atomic mass is 10.1. The first-order chi connectivity index (χ1) is 9.72. The molecule has 2 aromatic rings. The smallest absolute Gasteiger partial charge is 0.231 e. The predicted molar refractivity (Wildman–Crippen MR) is 75.0 cm³/mol. The van der Waals surface area contributed by atoms with Gasteiger partial charge in [0.1, 0.15) is 5.82 Å². The van der Waals surface area contributed by atoms with Gasteiger partial charge in [-0.05, 0) is 31.4 Å². The van der Waals surface area contributed by atoms with E-state index in [1.165, 1.54) is 0 Å². The van der Waals surface area contributed by atoms with E-state index in [1.807, 2.05) is 6.07 Å². The number of anilines is 1. The lowest BCUT2D eigenvalue weighted by Crippen LogP contribution is -2.02. The van der Waals surface area contributed by atoms with Gasteiger partial charge in [-0.25, -0.2) is 9.97 Å². The minimum absolute atomic E-state index is 0.186. The fourth-order valence-corrected chi connectivity index (χ4v) is 2.95. The van der Waals surface area contributed by atoms with Crippen molar-refractivity contribution in [3.8, 4) is 22.9 Å². The van der Waals surface area contributed by atoms with Gasteiger partial charge >= 0.3 is 0 Å². The molecule has 0 saturated carbocycles. The molecule has 0 radical (unpaired) electrons. The Morgan fingerprint density at radius 2 is 2.05 bits per heavy atom. The van der Waals surface area contributed by atoms with Crippen LogP contribution in [0.25, 0.3) is 11.4 Å². The first kappa shape index (κ1) is 11.8. The number of halogens is 1. The molecule has 20 heavy (non-hydrogen) atoms. The van der Waals surface area contributed by atoms with Crippen molar-refractivity contribution in [3.05, 3.63) is 28.4 Å². The van der Waals surface area contributed by atoms with Crippen molar-refractivity contribution >= 4 is 17.4 Å². The van der Waals surface area contributed by atoms with E-state index in [9.17, 15) is 0 Å². The van der Waals surface area contributed by atoms with E-state index in [1.54, 1.807) is 6.07 Å². The van der Waals surface area contributed by atoms with Crippen molar-refractivity contribution in [2.75, 3.05) is 12.5 Å². The zero-order valence-electron chi connectivity index (χ0n) is 10.6. The summed E-state index contributed by atoms with van der Waals surface area (Å²) in [7, 11) is 0. The van der Waals surface area contributed by atoms with Crippen LogP contribution in [0.2, 0.25) is 5.02 Å². The van der Waals surface area contributed by atoms with Crippen LogP contribution in [0, 0.1) is 0 Å². The number of nitrogens with two attached hydrogens (primary N) is 1. The number of hydrogen-bond acceptors (Lipinski definition) is 5. The van der Waals surface area contributed by atoms with E-state index in [0.717, 1.165) is 36.1 Å². The Bertz CT molecular complexity index is 657. The molecule has 0 amide bonds. The van der Waals surface area contributed by atoms with Crippen LogP contribution in [0.15, 0.2) is 12.1 Å². The zero-order chi connectivity index (χ0) is 13.7. The van der Waals surface area contributed by atoms with Gasteiger partial charge in [0.25, 0.3) is 0 Å².